The Bertz CT molecular complexity index is 399. The van der Waals surface area contributed by atoms with E-state index in [1.54, 1.807) is 0 Å². The minimum Gasteiger partial charge on any atom is -0.483 e. The van der Waals surface area contributed by atoms with Crippen molar-refractivity contribution in [3.8, 4) is 5.75 Å². The monoisotopic (exact) mass is 249 g/mol. The van der Waals surface area contributed by atoms with Gasteiger partial charge in [-0.2, -0.15) is 0 Å². The molecule has 0 aliphatic carbocycles. The van der Waals surface area contributed by atoms with Crippen LogP contribution in [-0.4, -0.2) is 19.1 Å². The Kier molecular flexibility index (Phi) is 5.69. The van der Waals surface area contributed by atoms with E-state index in [4.69, 9.17) is 4.74 Å². The molecular formula is C15H23NO2. The molecule has 3 heteroatoms. The third-order valence-electron chi connectivity index (χ3n) is 2.72. The molecule has 1 amide bonds. The van der Waals surface area contributed by atoms with E-state index < -0.39 is 0 Å². The van der Waals surface area contributed by atoms with Crippen molar-refractivity contribution in [3.05, 3.63) is 29.3 Å². The van der Waals surface area contributed by atoms with Crippen LogP contribution in [0.3, 0.4) is 0 Å². The molecule has 1 aromatic rings. The van der Waals surface area contributed by atoms with Crippen LogP contribution in [0.4, 0.5) is 0 Å². The van der Waals surface area contributed by atoms with Crippen molar-refractivity contribution < 1.29 is 9.53 Å². The summed E-state index contributed by atoms with van der Waals surface area (Å²) in [6.07, 6.45) is 0.938. The molecule has 1 rings (SSSR count). The number of carbonyl (C=O) groups excluding carboxylic acids is 1. The maximum atomic E-state index is 11.5. The second-order valence-electron chi connectivity index (χ2n) is 4.83. The molecule has 0 aromatic heterocycles. The van der Waals surface area contributed by atoms with E-state index in [9.17, 15) is 4.79 Å². The van der Waals surface area contributed by atoms with E-state index in [1.807, 2.05) is 19.9 Å². The van der Waals surface area contributed by atoms with Crippen LogP contribution in [0.1, 0.15) is 44.2 Å². The van der Waals surface area contributed by atoms with Gasteiger partial charge in [0.2, 0.25) is 0 Å². The molecule has 0 bridgehead atoms. The van der Waals surface area contributed by atoms with Crippen LogP contribution in [0.5, 0.6) is 5.75 Å². The van der Waals surface area contributed by atoms with Crippen molar-refractivity contribution in [2.24, 2.45) is 0 Å². The minimum atomic E-state index is -0.0620. The molecular weight excluding hydrogens is 226 g/mol. The summed E-state index contributed by atoms with van der Waals surface area (Å²) in [6.45, 7) is 9.08. The highest BCUT2D eigenvalue weighted by molar-refractivity contribution is 5.77. The van der Waals surface area contributed by atoms with E-state index in [0.717, 1.165) is 23.3 Å². The normalized spacial score (nSPS) is 10.5. The Hall–Kier alpha value is -1.51. The molecule has 0 atom stereocenters. The molecule has 100 valence electrons. The lowest BCUT2D eigenvalue weighted by Gasteiger charge is -2.14. The molecule has 18 heavy (non-hydrogen) atoms. The van der Waals surface area contributed by atoms with E-state index in [1.165, 1.54) is 0 Å². The third-order valence-corrected chi connectivity index (χ3v) is 2.72. The molecule has 0 spiro atoms. The minimum absolute atomic E-state index is 0.0620. The van der Waals surface area contributed by atoms with Crippen molar-refractivity contribution in [2.45, 2.75) is 40.0 Å². The molecule has 0 heterocycles. The van der Waals surface area contributed by atoms with Crippen molar-refractivity contribution in [1.29, 1.82) is 0 Å². The van der Waals surface area contributed by atoms with E-state index in [0.29, 0.717) is 12.5 Å². The number of hydrogen-bond donors (Lipinski definition) is 1. The average molecular weight is 249 g/mol. The van der Waals surface area contributed by atoms with Crippen LogP contribution in [0.2, 0.25) is 0 Å². The van der Waals surface area contributed by atoms with E-state index in [2.05, 4.69) is 31.3 Å². The summed E-state index contributed by atoms with van der Waals surface area (Å²) in [5.74, 6) is 1.14. The zero-order valence-corrected chi connectivity index (χ0v) is 11.7. The van der Waals surface area contributed by atoms with E-state index in [-0.39, 0.29) is 12.5 Å². The maximum absolute atomic E-state index is 11.5. The van der Waals surface area contributed by atoms with Gasteiger partial charge < -0.3 is 10.1 Å². The van der Waals surface area contributed by atoms with Crippen molar-refractivity contribution >= 4 is 5.91 Å². The molecule has 1 N–H and O–H groups in total. The Balaban J connectivity index is 2.65. The van der Waals surface area contributed by atoms with Crippen molar-refractivity contribution in [1.82, 2.24) is 5.32 Å². The van der Waals surface area contributed by atoms with Gasteiger partial charge in [0.25, 0.3) is 5.91 Å². The molecule has 0 fully saturated rings. The van der Waals surface area contributed by atoms with Gasteiger partial charge in [0.05, 0.1) is 0 Å². The van der Waals surface area contributed by atoms with Crippen LogP contribution in [-0.2, 0) is 4.79 Å². The zero-order chi connectivity index (χ0) is 13.5. The molecule has 0 aliphatic rings. The topological polar surface area (TPSA) is 38.3 Å². The SMILES string of the molecule is CCCNC(=O)COc1cc(C)ccc1C(C)C. The van der Waals surface area contributed by atoms with Crippen LogP contribution < -0.4 is 10.1 Å². The van der Waals surface area contributed by atoms with Gasteiger partial charge >= 0.3 is 0 Å². The fourth-order valence-corrected chi connectivity index (χ4v) is 1.70. The summed E-state index contributed by atoms with van der Waals surface area (Å²) in [7, 11) is 0. The van der Waals surface area contributed by atoms with E-state index >= 15 is 0 Å². The molecule has 0 unspecified atom stereocenters. The second-order valence-corrected chi connectivity index (χ2v) is 4.83. The van der Waals surface area contributed by atoms with Gasteiger partial charge in [-0.05, 0) is 36.5 Å². The van der Waals surface area contributed by atoms with Crippen LogP contribution in [0.25, 0.3) is 0 Å². The quantitative estimate of drug-likeness (QED) is 0.841. The van der Waals surface area contributed by atoms with Crippen molar-refractivity contribution in [3.63, 3.8) is 0 Å². The highest BCUT2D eigenvalue weighted by Gasteiger charge is 2.09. The largest absolute Gasteiger partial charge is 0.483 e. The van der Waals surface area contributed by atoms with Gasteiger partial charge in [-0.3, -0.25) is 4.79 Å². The highest BCUT2D eigenvalue weighted by Crippen LogP contribution is 2.27. The summed E-state index contributed by atoms with van der Waals surface area (Å²) in [6, 6.07) is 6.13. The summed E-state index contributed by atoms with van der Waals surface area (Å²) < 4.78 is 5.63. The molecule has 0 saturated carbocycles. The molecule has 1 aromatic carbocycles. The maximum Gasteiger partial charge on any atom is 0.257 e. The Labute approximate surface area is 110 Å². The fraction of sp³-hybridized carbons (Fsp3) is 0.533. The first-order valence-corrected chi connectivity index (χ1v) is 6.54. The summed E-state index contributed by atoms with van der Waals surface area (Å²) in [5.41, 5.74) is 2.28. The number of ether oxygens (including phenoxy) is 1. The van der Waals surface area contributed by atoms with Gasteiger partial charge in [0, 0.05) is 6.54 Å². The standard InChI is InChI=1S/C15H23NO2/c1-5-8-16-15(17)10-18-14-9-12(4)6-7-13(14)11(2)3/h6-7,9,11H,5,8,10H2,1-4H3,(H,16,17). The molecule has 0 aliphatic heterocycles. The Morgan fingerprint density at radius 1 is 1.39 bits per heavy atom. The average Bonchev–Trinajstić information content (AvgIpc) is 2.33. The number of amides is 1. The number of carbonyl (C=O) groups is 1. The predicted octanol–water partition coefficient (Wildman–Crippen LogP) is 3.02. The van der Waals surface area contributed by atoms with Crippen LogP contribution in [0.15, 0.2) is 18.2 Å². The number of aryl methyl sites for hydroxylation is 1. The number of benzene rings is 1. The van der Waals surface area contributed by atoms with Gasteiger partial charge in [0.15, 0.2) is 6.61 Å². The Morgan fingerprint density at radius 2 is 2.11 bits per heavy atom. The molecule has 3 nitrogen and oxygen atoms in total. The van der Waals surface area contributed by atoms with Crippen LogP contribution in [0, 0.1) is 6.92 Å². The second kappa shape index (κ2) is 7.04. The first-order chi connectivity index (χ1) is 8.54. The smallest absolute Gasteiger partial charge is 0.257 e. The first kappa shape index (κ1) is 14.6. The van der Waals surface area contributed by atoms with Gasteiger partial charge in [0.1, 0.15) is 5.75 Å². The summed E-state index contributed by atoms with van der Waals surface area (Å²) in [4.78, 5) is 11.5. The molecule has 0 saturated heterocycles. The van der Waals surface area contributed by atoms with Gasteiger partial charge in [-0.25, -0.2) is 0 Å². The summed E-state index contributed by atoms with van der Waals surface area (Å²) in [5, 5.41) is 2.80. The number of nitrogens with one attached hydrogen (secondary N) is 1. The van der Waals surface area contributed by atoms with Gasteiger partial charge in [-0.1, -0.05) is 32.9 Å². The first-order valence-electron chi connectivity index (χ1n) is 6.54. The number of hydrogen-bond acceptors (Lipinski definition) is 2. The highest BCUT2D eigenvalue weighted by atomic mass is 16.5. The number of rotatable bonds is 6. The van der Waals surface area contributed by atoms with Crippen molar-refractivity contribution in [2.75, 3.05) is 13.2 Å². The zero-order valence-electron chi connectivity index (χ0n) is 11.7. The third kappa shape index (κ3) is 4.40. The lowest BCUT2D eigenvalue weighted by molar-refractivity contribution is -0.123. The van der Waals surface area contributed by atoms with Crippen LogP contribution >= 0.6 is 0 Å². The lowest BCUT2D eigenvalue weighted by atomic mass is 10.0. The Morgan fingerprint density at radius 3 is 2.72 bits per heavy atom. The van der Waals surface area contributed by atoms with Gasteiger partial charge in [-0.15, -0.1) is 0 Å². The fourth-order valence-electron chi connectivity index (χ4n) is 1.70. The predicted molar refractivity (Wildman–Crippen MR) is 74.1 cm³/mol. The molecule has 0 radical (unpaired) electrons. The summed E-state index contributed by atoms with van der Waals surface area (Å²) >= 11 is 0. The lowest BCUT2D eigenvalue weighted by Crippen LogP contribution is -2.29.